The van der Waals surface area contributed by atoms with E-state index in [2.05, 4.69) is 19.0 Å². The van der Waals surface area contributed by atoms with Crippen molar-refractivity contribution in [3.8, 4) is 0 Å². The van der Waals surface area contributed by atoms with Crippen LogP contribution < -0.4 is 0 Å². The zero-order valence-electron chi connectivity index (χ0n) is 5.07. The minimum absolute atomic E-state index is 1.26. The van der Waals surface area contributed by atoms with Gasteiger partial charge in [-0.15, -0.1) is 0 Å². The van der Waals surface area contributed by atoms with Gasteiger partial charge >= 0.3 is 60.8 Å². The zero-order chi connectivity index (χ0) is 5.70. The van der Waals surface area contributed by atoms with Crippen LogP contribution in [0.3, 0.4) is 0 Å². The average molecular weight is 177 g/mol. The molecule has 0 saturated heterocycles. The van der Waals surface area contributed by atoms with Crippen molar-refractivity contribution in [3.05, 3.63) is 0 Å². The van der Waals surface area contributed by atoms with Gasteiger partial charge in [0, 0.05) is 0 Å². The van der Waals surface area contributed by atoms with E-state index in [9.17, 15) is 0 Å². The number of hydrogen-bond acceptors (Lipinski definition) is 1. The molecule has 0 bridgehead atoms. The van der Waals surface area contributed by atoms with Gasteiger partial charge in [-0.1, -0.05) is 0 Å². The zero-order valence-corrected chi connectivity index (χ0v) is 7.53. The Morgan fingerprint density at radius 3 is 2.14 bits per heavy atom. The summed E-state index contributed by atoms with van der Waals surface area (Å²) in [6, 6.07) is 0. The van der Waals surface area contributed by atoms with Gasteiger partial charge in [0.05, 0.1) is 0 Å². The summed E-state index contributed by atoms with van der Waals surface area (Å²) in [6.07, 6.45) is 1.37. The second-order valence-corrected chi connectivity index (χ2v) is 3.14. The van der Waals surface area contributed by atoms with Crippen molar-refractivity contribution >= 4 is 0 Å². The fourth-order valence-electron chi connectivity index (χ4n) is 0.395. The molecule has 0 aromatic rings. The predicted molar refractivity (Wildman–Crippen MR) is 28.0 cm³/mol. The molecule has 0 radical (unpaired) electrons. The first-order valence-corrected chi connectivity index (χ1v) is 4.30. The molecule has 0 aliphatic carbocycles. The maximum absolute atomic E-state index is 2.23. The van der Waals surface area contributed by atoms with E-state index in [4.69, 9.17) is 0 Å². The van der Waals surface area contributed by atoms with Crippen LogP contribution in [0.2, 0.25) is 4.13 Å². The van der Waals surface area contributed by atoms with Crippen molar-refractivity contribution in [1.29, 1.82) is 0 Å². The Kier molecular flexibility index (Phi) is 5.59. The molecule has 41 valence electrons. The SMILES string of the molecule is CN(C)CC[CH2][Zr]. The fraction of sp³-hybridized carbons (Fsp3) is 1.00. The van der Waals surface area contributed by atoms with E-state index >= 15 is 0 Å². The Labute approximate surface area is 60.9 Å². The van der Waals surface area contributed by atoms with E-state index < -0.39 is 0 Å². The molecule has 0 aliphatic rings. The summed E-state index contributed by atoms with van der Waals surface area (Å²) >= 11 is 1.66. The molecule has 0 N–H and O–H groups in total. The first-order chi connectivity index (χ1) is 3.27. The molecule has 0 amide bonds. The molecule has 2 heteroatoms. The molecule has 0 spiro atoms. The summed E-state index contributed by atoms with van der Waals surface area (Å²) in [5, 5.41) is 0. The summed E-state index contributed by atoms with van der Waals surface area (Å²) in [6.45, 7) is 1.26. The number of rotatable bonds is 3. The van der Waals surface area contributed by atoms with Gasteiger partial charge in [-0.3, -0.25) is 0 Å². The van der Waals surface area contributed by atoms with Gasteiger partial charge in [-0.2, -0.15) is 0 Å². The molecule has 0 unspecified atom stereocenters. The van der Waals surface area contributed by atoms with E-state index in [0.29, 0.717) is 0 Å². The van der Waals surface area contributed by atoms with Crippen molar-refractivity contribution in [2.45, 2.75) is 10.5 Å². The Morgan fingerprint density at radius 2 is 2.00 bits per heavy atom. The Bertz CT molecular complexity index is 37.1. The molecule has 7 heavy (non-hydrogen) atoms. The molecule has 0 rings (SSSR count). The molecule has 0 fully saturated rings. The minimum atomic E-state index is 1.26. The van der Waals surface area contributed by atoms with Gasteiger partial charge in [0.1, 0.15) is 0 Å². The summed E-state index contributed by atoms with van der Waals surface area (Å²) < 4.78 is 1.39. The van der Waals surface area contributed by atoms with Crippen LogP contribution >= 0.6 is 0 Å². The molecular formula is C5H12NZr. The molecule has 0 aromatic heterocycles. The third-order valence-corrected chi connectivity index (χ3v) is 1.65. The van der Waals surface area contributed by atoms with Crippen molar-refractivity contribution in [2.24, 2.45) is 0 Å². The van der Waals surface area contributed by atoms with Crippen LogP contribution in [0, 0.1) is 0 Å². The van der Waals surface area contributed by atoms with Crippen molar-refractivity contribution in [1.82, 2.24) is 4.90 Å². The molecule has 0 heterocycles. The van der Waals surface area contributed by atoms with E-state index in [1.165, 1.54) is 17.1 Å². The average Bonchev–Trinajstić information content (AvgIpc) is 1.61. The van der Waals surface area contributed by atoms with Gasteiger partial charge in [0.25, 0.3) is 0 Å². The fourth-order valence-corrected chi connectivity index (χ4v) is 0.784. The van der Waals surface area contributed by atoms with Crippen molar-refractivity contribution < 1.29 is 24.7 Å². The number of nitrogens with zero attached hydrogens (tertiary/aromatic N) is 1. The van der Waals surface area contributed by atoms with E-state index in [0.717, 1.165) is 0 Å². The second-order valence-electron chi connectivity index (χ2n) is 1.91. The second kappa shape index (κ2) is 4.99. The van der Waals surface area contributed by atoms with Gasteiger partial charge < -0.3 is 0 Å². The van der Waals surface area contributed by atoms with E-state index in [-0.39, 0.29) is 0 Å². The standard InChI is InChI=1S/C5H12N.Zr/c1-4-5-6(2)3;/h1,4-5H2,2-3H3;. The Morgan fingerprint density at radius 1 is 1.43 bits per heavy atom. The van der Waals surface area contributed by atoms with Gasteiger partial charge in [-0.25, -0.2) is 0 Å². The van der Waals surface area contributed by atoms with Crippen molar-refractivity contribution in [3.63, 3.8) is 0 Å². The van der Waals surface area contributed by atoms with Gasteiger partial charge in [-0.05, 0) is 0 Å². The van der Waals surface area contributed by atoms with Crippen molar-refractivity contribution in [2.75, 3.05) is 20.6 Å². The topological polar surface area (TPSA) is 3.24 Å². The van der Waals surface area contributed by atoms with E-state index in [1.54, 1.807) is 24.7 Å². The monoisotopic (exact) mass is 176 g/mol. The Balaban J connectivity index is 2.68. The third-order valence-electron chi connectivity index (χ3n) is 0.782. The summed E-state index contributed by atoms with van der Waals surface area (Å²) in [5.74, 6) is 0. The molecule has 0 aromatic carbocycles. The quantitative estimate of drug-likeness (QED) is 0.619. The summed E-state index contributed by atoms with van der Waals surface area (Å²) in [4.78, 5) is 2.23. The normalized spacial score (nSPS) is 10.0. The first kappa shape index (κ1) is 7.84. The maximum atomic E-state index is 2.23. The van der Waals surface area contributed by atoms with Crippen LogP contribution in [-0.4, -0.2) is 25.5 Å². The number of hydrogen-bond donors (Lipinski definition) is 0. The Hall–Kier alpha value is 0.843. The first-order valence-electron chi connectivity index (χ1n) is 2.56. The summed E-state index contributed by atoms with van der Waals surface area (Å²) in [7, 11) is 4.23. The van der Waals surface area contributed by atoms with Gasteiger partial charge in [0.2, 0.25) is 0 Å². The summed E-state index contributed by atoms with van der Waals surface area (Å²) in [5.41, 5.74) is 0. The predicted octanol–water partition coefficient (Wildman–Crippen LogP) is 0.903. The molecular weight excluding hydrogens is 165 g/mol. The van der Waals surface area contributed by atoms with Crippen LogP contribution in [0.5, 0.6) is 0 Å². The van der Waals surface area contributed by atoms with Crippen LogP contribution in [0.1, 0.15) is 6.42 Å². The van der Waals surface area contributed by atoms with Crippen LogP contribution in [-0.2, 0) is 24.7 Å². The molecule has 0 atom stereocenters. The van der Waals surface area contributed by atoms with Crippen LogP contribution in [0.4, 0.5) is 0 Å². The molecule has 0 saturated carbocycles. The molecule has 0 aliphatic heterocycles. The van der Waals surface area contributed by atoms with E-state index in [1.807, 2.05) is 0 Å². The third kappa shape index (κ3) is 6.84. The van der Waals surface area contributed by atoms with Crippen LogP contribution in [0.25, 0.3) is 0 Å². The van der Waals surface area contributed by atoms with Crippen LogP contribution in [0.15, 0.2) is 0 Å². The van der Waals surface area contributed by atoms with Gasteiger partial charge in [0.15, 0.2) is 0 Å². The molecule has 1 nitrogen and oxygen atoms in total.